The summed E-state index contributed by atoms with van der Waals surface area (Å²) in [7, 11) is 0. The van der Waals surface area contributed by atoms with Crippen molar-refractivity contribution in [2.24, 2.45) is 0 Å². The van der Waals surface area contributed by atoms with Crippen LogP contribution in [0.25, 0.3) is 0 Å². The average molecular weight is 353 g/mol. The van der Waals surface area contributed by atoms with Crippen LogP contribution in [0.15, 0.2) is 53.4 Å². The van der Waals surface area contributed by atoms with Crippen LogP contribution in [0.3, 0.4) is 0 Å². The first-order chi connectivity index (χ1) is 10.5. The molecular weight excluding hydrogens is 343 g/mol. The van der Waals surface area contributed by atoms with Crippen LogP contribution in [-0.4, -0.2) is 22.8 Å². The van der Waals surface area contributed by atoms with E-state index in [9.17, 15) is 9.59 Å². The lowest BCUT2D eigenvalue weighted by atomic mass is 10.3. The molecule has 0 unspecified atom stereocenters. The smallest absolute Gasteiger partial charge is 0.284 e. The first-order valence-electron chi connectivity index (χ1n) is 6.38. The Kier molecular flexibility index (Phi) is 4.29. The van der Waals surface area contributed by atoms with Gasteiger partial charge in [0.15, 0.2) is 0 Å². The molecule has 1 aliphatic heterocycles. The van der Waals surface area contributed by atoms with Gasteiger partial charge >= 0.3 is 6.03 Å². The Morgan fingerprint density at radius 2 is 1.41 bits per heavy atom. The number of imide groups is 1. The molecule has 1 saturated heterocycles. The lowest BCUT2D eigenvalue weighted by Crippen LogP contribution is -2.28. The van der Waals surface area contributed by atoms with Crippen molar-refractivity contribution < 1.29 is 9.59 Å². The predicted molar refractivity (Wildman–Crippen MR) is 88.3 cm³/mol. The van der Waals surface area contributed by atoms with Crippen molar-refractivity contribution in [3.8, 4) is 0 Å². The van der Waals surface area contributed by atoms with Gasteiger partial charge in [-0.15, -0.1) is 0 Å². The minimum Gasteiger partial charge on any atom is -0.284 e. The molecule has 22 heavy (non-hydrogen) atoms. The Morgan fingerprint density at radius 1 is 0.864 bits per heavy atom. The van der Waals surface area contributed by atoms with Crippen LogP contribution in [-0.2, 0) is 4.79 Å². The Balaban J connectivity index is 1.79. The molecule has 0 spiro atoms. The number of urea groups is 1. The highest BCUT2D eigenvalue weighted by molar-refractivity contribution is 7.98. The van der Waals surface area contributed by atoms with Gasteiger partial charge in [-0.25, -0.2) is 4.79 Å². The fraction of sp³-hybridized carbons (Fsp3) is 0.0667. The standard InChI is InChI=1S/C15H10Cl2N2O2S/c16-10-1-5-12(6-2-10)18-9-14(20)19(15(18)21)22-13-7-3-11(17)4-8-13/h1-8H,9H2. The molecule has 1 aliphatic rings. The summed E-state index contributed by atoms with van der Waals surface area (Å²) < 4.78 is 1.15. The highest BCUT2D eigenvalue weighted by Crippen LogP contribution is 2.31. The zero-order valence-electron chi connectivity index (χ0n) is 11.2. The number of halogens is 2. The van der Waals surface area contributed by atoms with Crippen LogP contribution in [0.5, 0.6) is 0 Å². The number of carbonyl (C=O) groups is 2. The molecule has 0 saturated carbocycles. The first kappa shape index (κ1) is 15.2. The Hall–Kier alpha value is -1.69. The summed E-state index contributed by atoms with van der Waals surface area (Å²) in [5, 5.41) is 1.18. The van der Waals surface area contributed by atoms with Gasteiger partial charge in [0.1, 0.15) is 6.54 Å². The van der Waals surface area contributed by atoms with E-state index in [-0.39, 0.29) is 18.5 Å². The normalized spacial score (nSPS) is 14.8. The van der Waals surface area contributed by atoms with E-state index in [0.717, 1.165) is 21.1 Å². The Labute approximate surface area is 141 Å². The topological polar surface area (TPSA) is 40.6 Å². The monoisotopic (exact) mass is 352 g/mol. The number of rotatable bonds is 3. The fourth-order valence-corrected chi connectivity index (χ4v) is 3.05. The van der Waals surface area contributed by atoms with E-state index in [1.807, 2.05) is 0 Å². The fourth-order valence-electron chi connectivity index (χ4n) is 2.00. The van der Waals surface area contributed by atoms with Crippen LogP contribution in [0.1, 0.15) is 0 Å². The molecule has 112 valence electrons. The van der Waals surface area contributed by atoms with Crippen molar-refractivity contribution in [3.63, 3.8) is 0 Å². The van der Waals surface area contributed by atoms with Gasteiger partial charge in [-0.3, -0.25) is 9.69 Å². The van der Waals surface area contributed by atoms with Crippen LogP contribution in [0.4, 0.5) is 10.5 Å². The van der Waals surface area contributed by atoms with Crippen LogP contribution in [0.2, 0.25) is 10.0 Å². The SMILES string of the molecule is O=C1CN(c2ccc(Cl)cc2)C(=O)N1Sc1ccc(Cl)cc1. The van der Waals surface area contributed by atoms with Crippen LogP contribution < -0.4 is 4.90 Å². The van der Waals surface area contributed by atoms with E-state index in [2.05, 4.69) is 0 Å². The lowest BCUT2D eigenvalue weighted by molar-refractivity contribution is -0.121. The molecule has 2 aromatic carbocycles. The largest absolute Gasteiger partial charge is 0.342 e. The number of amides is 3. The summed E-state index contributed by atoms with van der Waals surface area (Å²) in [6, 6.07) is 13.4. The van der Waals surface area contributed by atoms with Crippen LogP contribution in [0, 0.1) is 0 Å². The summed E-state index contributed by atoms with van der Waals surface area (Å²) in [4.78, 5) is 26.7. The van der Waals surface area contributed by atoms with Crippen molar-refractivity contribution in [1.82, 2.24) is 4.31 Å². The van der Waals surface area contributed by atoms with E-state index in [1.54, 1.807) is 48.5 Å². The molecule has 0 atom stereocenters. The van der Waals surface area contributed by atoms with Gasteiger partial charge in [-0.1, -0.05) is 23.2 Å². The molecule has 1 fully saturated rings. The van der Waals surface area contributed by atoms with Crippen molar-refractivity contribution in [2.75, 3.05) is 11.4 Å². The predicted octanol–water partition coefficient (Wildman–Crippen LogP) is 4.47. The van der Waals surface area contributed by atoms with Crippen LogP contribution >= 0.6 is 35.1 Å². The average Bonchev–Trinajstić information content (AvgIpc) is 2.78. The summed E-state index contributed by atoms with van der Waals surface area (Å²) in [5.41, 5.74) is 0.641. The molecule has 1 heterocycles. The number of carbonyl (C=O) groups excluding carboxylic acids is 2. The van der Waals surface area contributed by atoms with Gasteiger partial charge in [0.25, 0.3) is 5.91 Å². The second kappa shape index (κ2) is 6.20. The molecule has 0 aliphatic carbocycles. The summed E-state index contributed by atoms with van der Waals surface area (Å²) >= 11 is 12.7. The molecule has 2 aromatic rings. The number of benzene rings is 2. The molecule has 3 rings (SSSR count). The molecule has 0 N–H and O–H groups in total. The van der Waals surface area contributed by atoms with E-state index < -0.39 is 0 Å². The minimum atomic E-state index is -0.368. The third-order valence-electron chi connectivity index (χ3n) is 3.07. The van der Waals surface area contributed by atoms with Crippen molar-refractivity contribution >= 4 is 52.8 Å². The number of nitrogens with zero attached hydrogens (tertiary/aromatic N) is 2. The minimum absolute atomic E-state index is 0.0149. The highest BCUT2D eigenvalue weighted by Gasteiger charge is 2.37. The second-order valence-electron chi connectivity index (χ2n) is 4.58. The van der Waals surface area contributed by atoms with E-state index >= 15 is 0 Å². The van der Waals surface area contributed by atoms with Gasteiger partial charge in [0.05, 0.1) is 0 Å². The Morgan fingerprint density at radius 3 is 2.00 bits per heavy atom. The second-order valence-corrected chi connectivity index (χ2v) is 6.47. The van der Waals surface area contributed by atoms with E-state index in [0.29, 0.717) is 15.7 Å². The van der Waals surface area contributed by atoms with Gasteiger partial charge in [-0.05, 0) is 60.5 Å². The summed E-state index contributed by atoms with van der Waals surface area (Å²) in [5.74, 6) is -0.264. The van der Waals surface area contributed by atoms with Gasteiger partial charge < -0.3 is 0 Å². The summed E-state index contributed by atoms with van der Waals surface area (Å²) in [6.07, 6.45) is 0. The zero-order chi connectivity index (χ0) is 15.7. The maximum Gasteiger partial charge on any atom is 0.342 e. The first-order valence-corrected chi connectivity index (χ1v) is 7.91. The quantitative estimate of drug-likeness (QED) is 0.604. The molecule has 7 heteroatoms. The maximum atomic E-state index is 12.4. The third kappa shape index (κ3) is 3.06. The Bertz CT molecular complexity index is 719. The third-order valence-corrected chi connectivity index (χ3v) is 4.60. The number of anilines is 1. The van der Waals surface area contributed by atoms with E-state index in [1.165, 1.54) is 4.90 Å². The molecular formula is C15H10Cl2N2O2S. The molecule has 0 radical (unpaired) electrons. The number of hydrogen-bond acceptors (Lipinski definition) is 3. The molecule has 4 nitrogen and oxygen atoms in total. The maximum absolute atomic E-state index is 12.4. The van der Waals surface area contributed by atoms with Gasteiger partial charge in [-0.2, -0.15) is 4.31 Å². The highest BCUT2D eigenvalue weighted by atomic mass is 35.5. The molecule has 0 bridgehead atoms. The van der Waals surface area contributed by atoms with Gasteiger partial charge in [0.2, 0.25) is 0 Å². The molecule has 3 amide bonds. The van der Waals surface area contributed by atoms with E-state index in [4.69, 9.17) is 23.2 Å². The molecule has 0 aromatic heterocycles. The van der Waals surface area contributed by atoms with Crippen molar-refractivity contribution in [1.29, 1.82) is 0 Å². The lowest BCUT2D eigenvalue weighted by Gasteiger charge is -2.16. The summed E-state index contributed by atoms with van der Waals surface area (Å²) in [6.45, 7) is 0.0149. The van der Waals surface area contributed by atoms with Crippen molar-refractivity contribution in [2.45, 2.75) is 4.90 Å². The number of hydrogen-bond donors (Lipinski definition) is 0. The van der Waals surface area contributed by atoms with Gasteiger partial charge in [0, 0.05) is 20.6 Å². The van der Waals surface area contributed by atoms with Crippen molar-refractivity contribution in [3.05, 3.63) is 58.6 Å². The zero-order valence-corrected chi connectivity index (χ0v) is 13.5.